The molecule has 1 amide bonds. The van der Waals surface area contributed by atoms with Crippen LogP contribution in [0.1, 0.15) is 17.0 Å². The van der Waals surface area contributed by atoms with Gasteiger partial charge in [0.05, 0.1) is 19.3 Å². The average molecular weight is 300 g/mol. The number of aromatic amines is 1. The number of H-pyrrole nitrogens is 1. The summed E-state index contributed by atoms with van der Waals surface area (Å²) in [4.78, 5) is 11.3. The Labute approximate surface area is 128 Å². The van der Waals surface area contributed by atoms with Crippen molar-refractivity contribution in [3.05, 3.63) is 41.2 Å². The van der Waals surface area contributed by atoms with Crippen molar-refractivity contribution in [3.8, 4) is 18.1 Å². The van der Waals surface area contributed by atoms with E-state index >= 15 is 0 Å². The molecule has 2 N–H and O–H groups in total. The van der Waals surface area contributed by atoms with Crippen molar-refractivity contribution in [3.63, 3.8) is 0 Å². The molecule has 7 nitrogen and oxygen atoms in total. The fourth-order valence-corrected chi connectivity index (χ4v) is 1.81. The summed E-state index contributed by atoms with van der Waals surface area (Å²) in [5, 5.41) is 13.3. The van der Waals surface area contributed by atoms with Crippen LogP contribution in [0.3, 0.4) is 0 Å². The molecule has 0 saturated carbocycles. The number of benzene rings is 1. The Morgan fingerprint density at radius 1 is 1.32 bits per heavy atom. The molecule has 7 heteroatoms. The number of carbonyl (C=O) groups excluding carboxylic acids is 1. The summed E-state index contributed by atoms with van der Waals surface area (Å²) >= 11 is 0. The zero-order valence-corrected chi connectivity index (χ0v) is 12.1. The summed E-state index contributed by atoms with van der Waals surface area (Å²) in [5.74, 6) is 3.01. The third kappa shape index (κ3) is 4.24. The third-order valence-electron chi connectivity index (χ3n) is 2.92. The van der Waals surface area contributed by atoms with Gasteiger partial charge in [0.1, 0.15) is 11.4 Å². The predicted molar refractivity (Wildman–Crippen MR) is 79.2 cm³/mol. The number of rotatable bonds is 6. The lowest BCUT2D eigenvalue weighted by molar-refractivity contribution is 0.159. The van der Waals surface area contributed by atoms with Crippen molar-refractivity contribution < 1.29 is 14.3 Å². The highest BCUT2D eigenvalue weighted by atomic mass is 16.5. The minimum Gasteiger partial charge on any atom is -0.497 e. The Hall–Kier alpha value is -3.01. The first-order chi connectivity index (χ1) is 10.7. The number of nitrogens with one attached hydrogen (secondary N) is 2. The van der Waals surface area contributed by atoms with Crippen LogP contribution in [-0.2, 0) is 17.7 Å². The highest BCUT2D eigenvalue weighted by molar-refractivity contribution is 5.67. The predicted octanol–water partition coefficient (Wildman–Crippen LogP) is 1.26. The first-order valence-electron chi connectivity index (χ1n) is 6.58. The summed E-state index contributed by atoms with van der Waals surface area (Å²) in [7, 11) is 1.62. The smallest absolute Gasteiger partial charge is 0.408 e. The molecule has 0 aliphatic heterocycles. The number of carbonyl (C=O) groups is 1. The van der Waals surface area contributed by atoms with Gasteiger partial charge < -0.3 is 14.8 Å². The van der Waals surface area contributed by atoms with Gasteiger partial charge in [-0.2, -0.15) is 15.4 Å². The minimum atomic E-state index is -0.587. The van der Waals surface area contributed by atoms with E-state index in [4.69, 9.17) is 15.9 Å². The molecular formula is C15H16N4O3. The molecule has 0 bridgehead atoms. The van der Waals surface area contributed by atoms with Gasteiger partial charge in [-0.25, -0.2) is 4.79 Å². The Morgan fingerprint density at radius 3 is 2.73 bits per heavy atom. The van der Waals surface area contributed by atoms with E-state index in [1.807, 2.05) is 24.3 Å². The van der Waals surface area contributed by atoms with Crippen LogP contribution in [0, 0.1) is 12.3 Å². The number of hydrogen-bond donors (Lipinski definition) is 2. The van der Waals surface area contributed by atoms with Crippen LogP contribution in [0.5, 0.6) is 5.75 Å². The lowest BCUT2D eigenvalue weighted by Crippen LogP contribution is -2.24. The van der Waals surface area contributed by atoms with Gasteiger partial charge in [-0.05, 0) is 17.7 Å². The van der Waals surface area contributed by atoms with E-state index in [1.165, 1.54) is 0 Å². The summed E-state index contributed by atoms with van der Waals surface area (Å²) in [6.45, 7) is 0.148. The van der Waals surface area contributed by atoms with E-state index < -0.39 is 6.09 Å². The quantitative estimate of drug-likeness (QED) is 0.784. The monoisotopic (exact) mass is 300 g/mol. The minimum absolute atomic E-state index is 0.0661. The lowest BCUT2D eigenvalue weighted by atomic mass is 10.1. The Balaban J connectivity index is 1.94. The fraction of sp³-hybridized carbons (Fsp3) is 0.267. The van der Waals surface area contributed by atoms with Crippen LogP contribution in [0.2, 0.25) is 0 Å². The van der Waals surface area contributed by atoms with E-state index in [2.05, 4.69) is 26.6 Å². The molecule has 114 valence electrons. The van der Waals surface area contributed by atoms with Crippen LogP contribution in [0.25, 0.3) is 0 Å². The molecule has 1 aromatic carbocycles. The van der Waals surface area contributed by atoms with Crippen molar-refractivity contribution in [2.24, 2.45) is 0 Å². The maximum atomic E-state index is 11.3. The van der Waals surface area contributed by atoms with Crippen LogP contribution in [0.15, 0.2) is 24.3 Å². The van der Waals surface area contributed by atoms with Crippen molar-refractivity contribution >= 4 is 6.09 Å². The van der Waals surface area contributed by atoms with Crippen LogP contribution < -0.4 is 10.1 Å². The van der Waals surface area contributed by atoms with Gasteiger partial charge in [-0.1, -0.05) is 18.1 Å². The van der Waals surface area contributed by atoms with Crippen LogP contribution in [-0.4, -0.2) is 35.2 Å². The number of amides is 1. The molecule has 0 spiro atoms. The van der Waals surface area contributed by atoms with Crippen molar-refractivity contribution in [1.29, 1.82) is 0 Å². The van der Waals surface area contributed by atoms with Crippen molar-refractivity contribution in [2.45, 2.75) is 13.0 Å². The summed E-state index contributed by atoms with van der Waals surface area (Å²) < 4.78 is 9.83. The van der Waals surface area contributed by atoms with Crippen molar-refractivity contribution in [1.82, 2.24) is 20.7 Å². The SMILES string of the molecule is C#CCOC(=O)NCc1n[nH]nc1Cc1ccc(OC)cc1. The molecule has 0 radical (unpaired) electrons. The fourth-order valence-electron chi connectivity index (χ4n) is 1.81. The standard InChI is InChI=1S/C15H16N4O3/c1-3-8-22-15(20)16-10-14-13(17-19-18-14)9-11-4-6-12(21-2)7-5-11/h1,4-7H,8-10H2,2H3,(H,16,20)(H,17,18,19). The number of nitrogens with zero attached hydrogens (tertiary/aromatic N) is 2. The normalized spacial score (nSPS) is 9.82. The topological polar surface area (TPSA) is 89.1 Å². The largest absolute Gasteiger partial charge is 0.497 e. The van der Waals surface area contributed by atoms with Gasteiger partial charge in [0, 0.05) is 6.42 Å². The van der Waals surface area contributed by atoms with E-state index in [1.54, 1.807) is 7.11 Å². The molecule has 0 fully saturated rings. The second kappa shape index (κ2) is 7.69. The van der Waals surface area contributed by atoms with E-state index in [0.717, 1.165) is 17.0 Å². The Bertz CT molecular complexity index is 658. The summed E-state index contributed by atoms with van der Waals surface area (Å²) in [6, 6.07) is 7.66. The first-order valence-corrected chi connectivity index (χ1v) is 6.58. The highest BCUT2D eigenvalue weighted by Gasteiger charge is 2.10. The first kappa shape index (κ1) is 15.4. The van der Waals surface area contributed by atoms with Crippen LogP contribution in [0.4, 0.5) is 4.79 Å². The van der Waals surface area contributed by atoms with Gasteiger partial charge in [0.25, 0.3) is 0 Å². The molecule has 0 unspecified atom stereocenters. The number of alkyl carbamates (subject to hydrolysis) is 1. The molecular weight excluding hydrogens is 284 g/mol. The number of methoxy groups -OCH3 is 1. The number of ether oxygens (including phenoxy) is 2. The molecule has 1 heterocycles. The maximum Gasteiger partial charge on any atom is 0.408 e. The van der Waals surface area contributed by atoms with Crippen LogP contribution >= 0.6 is 0 Å². The molecule has 0 aliphatic rings. The molecule has 2 rings (SSSR count). The van der Waals surface area contributed by atoms with E-state index in [0.29, 0.717) is 12.1 Å². The molecule has 0 saturated heterocycles. The number of hydrogen-bond acceptors (Lipinski definition) is 5. The maximum absolute atomic E-state index is 11.3. The summed E-state index contributed by atoms with van der Waals surface area (Å²) in [5.41, 5.74) is 2.46. The zero-order chi connectivity index (χ0) is 15.8. The number of aromatic nitrogens is 3. The second-order valence-electron chi connectivity index (χ2n) is 4.38. The van der Waals surface area contributed by atoms with Gasteiger partial charge in [-0.3, -0.25) is 0 Å². The third-order valence-corrected chi connectivity index (χ3v) is 2.92. The number of terminal acetylenes is 1. The molecule has 0 atom stereocenters. The van der Waals surface area contributed by atoms with Gasteiger partial charge in [-0.15, -0.1) is 6.42 Å². The highest BCUT2D eigenvalue weighted by Crippen LogP contribution is 2.15. The second-order valence-corrected chi connectivity index (χ2v) is 4.38. The lowest BCUT2D eigenvalue weighted by Gasteiger charge is -2.05. The Morgan fingerprint density at radius 2 is 2.05 bits per heavy atom. The summed E-state index contributed by atoms with van der Waals surface area (Å²) in [6.07, 6.45) is 5.01. The zero-order valence-electron chi connectivity index (χ0n) is 12.1. The molecule has 22 heavy (non-hydrogen) atoms. The Kier molecular flexibility index (Phi) is 5.37. The van der Waals surface area contributed by atoms with E-state index in [-0.39, 0.29) is 13.2 Å². The van der Waals surface area contributed by atoms with Gasteiger partial charge in [0.2, 0.25) is 0 Å². The van der Waals surface area contributed by atoms with Crippen molar-refractivity contribution in [2.75, 3.05) is 13.7 Å². The molecule has 0 aliphatic carbocycles. The van der Waals surface area contributed by atoms with Gasteiger partial charge >= 0.3 is 6.09 Å². The molecule has 2 aromatic rings. The van der Waals surface area contributed by atoms with Gasteiger partial charge in [0.15, 0.2) is 6.61 Å². The average Bonchev–Trinajstić information content (AvgIpc) is 2.98. The van der Waals surface area contributed by atoms with E-state index in [9.17, 15) is 4.79 Å². The molecule has 1 aromatic heterocycles.